The van der Waals surface area contributed by atoms with Gasteiger partial charge in [-0.05, 0) is 43.0 Å². The molecule has 1 heterocycles. The molecule has 0 aromatic heterocycles. The summed E-state index contributed by atoms with van der Waals surface area (Å²) in [5.74, 6) is 1.82. The number of hydrogen-bond donors (Lipinski definition) is 1. The standard InChI is InChI=1S/C22H26N2O5/c1-27-19-9-5-6-10-20(19)28-16-21(25)23-15-17-11-13-24(14-12-17)22(26)29-18-7-3-2-4-8-18/h2-10,17H,11-16H2,1H3,(H,23,25). The molecule has 0 bridgehead atoms. The summed E-state index contributed by atoms with van der Waals surface area (Å²) >= 11 is 0. The molecule has 1 aliphatic heterocycles. The number of hydrogen-bond acceptors (Lipinski definition) is 5. The van der Waals surface area contributed by atoms with Gasteiger partial charge in [0.15, 0.2) is 18.1 Å². The Labute approximate surface area is 170 Å². The maximum absolute atomic E-state index is 12.2. The van der Waals surface area contributed by atoms with E-state index in [1.807, 2.05) is 30.3 Å². The van der Waals surface area contributed by atoms with Crippen molar-refractivity contribution in [2.75, 3.05) is 33.4 Å². The van der Waals surface area contributed by atoms with Crippen molar-refractivity contribution >= 4 is 12.0 Å². The fraction of sp³-hybridized carbons (Fsp3) is 0.364. The van der Waals surface area contributed by atoms with E-state index in [2.05, 4.69) is 5.32 Å². The van der Waals surface area contributed by atoms with E-state index in [-0.39, 0.29) is 18.6 Å². The minimum absolute atomic E-state index is 0.0668. The van der Waals surface area contributed by atoms with Crippen LogP contribution in [0.25, 0.3) is 0 Å². The molecular weight excluding hydrogens is 372 g/mol. The van der Waals surface area contributed by atoms with Crippen LogP contribution in [0.1, 0.15) is 12.8 Å². The fourth-order valence-corrected chi connectivity index (χ4v) is 3.16. The van der Waals surface area contributed by atoms with Crippen LogP contribution in [-0.4, -0.2) is 50.3 Å². The maximum atomic E-state index is 12.2. The van der Waals surface area contributed by atoms with E-state index in [9.17, 15) is 9.59 Å². The number of nitrogens with one attached hydrogen (secondary N) is 1. The molecule has 29 heavy (non-hydrogen) atoms. The van der Waals surface area contributed by atoms with Gasteiger partial charge in [-0.3, -0.25) is 4.79 Å². The molecule has 7 nitrogen and oxygen atoms in total. The minimum atomic E-state index is -0.330. The molecule has 0 atom stereocenters. The van der Waals surface area contributed by atoms with Gasteiger partial charge in [0.2, 0.25) is 0 Å². The van der Waals surface area contributed by atoms with Gasteiger partial charge in [-0.1, -0.05) is 30.3 Å². The first kappa shape index (κ1) is 20.5. The Morgan fingerprint density at radius 2 is 1.66 bits per heavy atom. The summed E-state index contributed by atoms with van der Waals surface area (Å²) in [6, 6.07) is 16.3. The van der Waals surface area contributed by atoms with Gasteiger partial charge in [0.05, 0.1) is 7.11 Å². The van der Waals surface area contributed by atoms with E-state index in [1.165, 1.54) is 0 Å². The van der Waals surface area contributed by atoms with E-state index in [0.717, 1.165) is 12.8 Å². The molecule has 2 aromatic rings. The highest BCUT2D eigenvalue weighted by molar-refractivity contribution is 5.77. The summed E-state index contributed by atoms with van der Waals surface area (Å²) in [5, 5.41) is 2.90. The van der Waals surface area contributed by atoms with Gasteiger partial charge >= 0.3 is 6.09 Å². The van der Waals surface area contributed by atoms with Gasteiger partial charge in [0.1, 0.15) is 5.75 Å². The highest BCUT2D eigenvalue weighted by Crippen LogP contribution is 2.25. The fourth-order valence-electron chi connectivity index (χ4n) is 3.16. The molecule has 2 aromatic carbocycles. The number of ether oxygens (including phenoxy) is 3. The molecule has 2 amide bonds. The summed E-state index contributed by atoms with van der Waals surface area (Å²) in [5.41, 5.74) is 0. The number of piperidine rings is 1. The average Bonchev–Trinajstić information content (AvgIpc) is 2.77. The van der Waals surface area contributed by atoms with Crippen LogP contribution >= 0.6 is 0 Å². The summed E-state index contributed by atoms with van der Waals surface area (Å²) in [7, 11) is 1.56. The third-order valence-corrected chi connectivity index (χ3v) is 4.84. The van der Waals surface area contributed by atoms with E-state index < -0.39 is 0 Å². The van der Waals surface area contributed by atoms with Crippen LogP contribution in [0, 0.1) is 5.92 Å². The third kappa shape index (κ3) is 6.14. The summed E-state index contributed by atoms with van der Waals surface area (Å²) in [6.45, 7) is 1.73. The molecule has 0 aliphatic carbocycles. The van der Waals surface area contributed by atoms with Crippen molar-refractivity contribution in [2.24, 2.45) is 5.92 Å². The van der Waals surface area contributed by atoms with Crippen molar-refractivity contribution in [1.82, 2.24) is 10.2 Å². The zero-order valence-corrected chi connectivity index (χ0v) is 16.5. The van der Waals surface area contributed by atoms with Crippen molar-refractivity contribution in [1.29, 1.82) is 0 Å². The lowest BCUT2D eigenvalue weighted by Crippen LogP contribution is -2.43. The molecular formula is C22H26N2O5. The van der Waals surface area contributed by atoms with Gasteiger partial charge in [-0.2, -0.15) is 0 Å². The Hall–Kier alpha value is -3.22. The number of carbonyl (C=O) groups excluding carboxylic acids is 2. The molecule has 1 aliphatic rings. The zero-order chi connectivity index (χ0) is 20.5. The average molecular weight is 398 g/mol. The van der Waals surface area contributed by atoms with Crippen LogP contribution in [0.15, 0.2) is 54.6 Å². The second-order valence-electron chi connectivity index (χ2n) is 6.86. The predicted molar refractivity (Wildman–Crippen MR) is 108 cm³/mol. The SMILES string of the molecule is COc1ccccc1OCC(=O)NCC1CCN(C(=O)Oc2ccccc2)CC1. The van der Waals surface area contributed by atoms with Crippen molar-refractivity contribution in [3.8, 4) is 17.2 Å². The van der Waals surface area contributed by atoms with E-state index >= 15 is 0 Å². The number of likely N-dealkylation sites (tertiary alicyclic amines) is 1. The normalized spacial score (nSPS) is 14.2. The molecule has 154 valence electrons. The zero-order valence-electron chi connectivity index (χ0n) is 16.5. The number of para-hydroxylation sites is 3. The number of carbonyl (C=O) groups is 2. The third-order valence-electron chi connectivity index (χ3n) is 4.84. The van der Waals surface area contributed by atoms with E-state index in [4.69, 9.17) is 14.2 Å². The lowest BCUT2D eigenvalue weighted by molar-refractivity contribution is -0.123. The monoisotopic (exact) mass is 398 g/mol. The summed E-state index contributed by atoms with van der Waals surface area (Å²) < 4.78 is 16.1. The first-order chi connectivity index (χ1) is 14.2. The Bertz CT molecular complexity index is 804. The van der Waals surface area contributed by atoms with Crippen LogP contribution in [0.3, 0.4) is 0 Å². The lowest BCUT2D eigenvalue weighted by Gasteiger charge is -2.31. The minimum Gasteiger partial charge on any atom is -0.493 e. The molecule has 1 saturated heterocycles. The number of amides is 2. The maximum Gasteiger partial charge on any atom is 0.415 e. The van der Waals surface area contributed by atoms with Gasteiger partial charge in [0, 0.05) is 19.6 Å². The van der Waals surface area contributed by atoms with Crippen LogP contribution in [0.4, 0.5) is 4.79 Å². The predicted octanol–water partition coefficient (Wildman–Crippen LogP) is 3.10. The van der Waals surface area contributed by atoms with Crippen LogP contribution in [0.5, 0.6) is 17.2 Å². The molecule has 0 spiro atoms. The van der Waals surface area contributed by atoms with Gasteiger partial charge in [0.25, 0.3) is 5.91 Å². The molecule has 0 unspecified atom stereocenters. The molecule has 0 radical (unpaired) electrons. The number of methoxy groups -OCH3 is 1. The van der Waals surface area contributed by atoms with Crippen molar-refractivity contribution < 1.29 is 23.8 Å². The summed E-state index contributed by atoms with van der Waals surface area (Å²) in [4.78, 5) is 26.0. The number of benzene rings is 2. The van der Waals surface area contributed by atoms with Crippen LogP contribution < -0.4 is 19.5 Å². The Morgan fingerprint density at radius 1 is 1.00 bits per heavy atom. The first-order valence-corrected chi connectivity index (χ1v) is 9.70. The van der Waals surface area contributed by atoms with Crippen molar-refractivity contribution in [3.05, 3.63) is 54.6 Å². The highest BCUT2D eigenvalue weighted by atomic mass is 16.6. The second kappa shape index (κ2) is 10.4. The molecule has 1 fully saturated rings. The van der Waals surface area contributed by atoms with Gasteiger partial charge < -0.3 is 24.4 Å². The van der Waals surface area contributed by atoms with E-state index in [1.54, 1.807) is 36.3 Å². The van der Waals surface area contributed by atoms with Crippen LogP contribution in [0.2, 0.25) is 0 Å². The van der Waals surface area contributed by atoms with Crippen LogP contribution in [-0.2, 0) is 4.79 Å². The van der Waals surface area contributed by atoms with Gasteiger partial charge in [-0.15, -0.1) is 0 Å². The Balaban J connectivity index is 1.35. The molecule has 3 rings (SSSR count). The number of rotatable bonds is 7. The number of nitrogens with zero attached hydrogens (tertiary/aromatic N) is 1. The first-order valence-electron chi connectivity index (χ1n) is 9.70. The summed E-state index contributed by atoms with van der Waals surface area (Å²) in [6.07, 6.45) is 1.30. The Kier molecular flexibility index (Phi) is 7.33. The van der Waals surface area contributed by atoms with Crippen molar-refractivity contribution in [3.63, 3.8) is 0 Å². The second-order valence-corrected chi connectivity index (χ2v) is 6.86. The molecule has 0 saturated carbocycles. The van der Waals surface area contributed by atoms with E-state index in [0.29, 0.717) is 42.8 Å². The lowest BCUT2D eigenvalue weighted by atomic mass is 9.97. The molecule has 1 N–H and O–H groups in total. The van der Waals surface area contributed by atoms with Gasteiger partial charge in [-0.25, -0.2) is 4.79 Å². The smallest absolute Gasteiger partial charge is 0.415 e. The van der Waals surface area contributed by atoms with Crippen molar-refractivity contribution in [2.45, 2.75) is 12.8 Å². The largest absolute Gasteiger partial charge is 0.493 e. The molecule has 7 heteroatoms. The quantitative estimate of drug-likeness (QED) is 0.776. The topological polar surface area (TPSA) is 77.1 Å². The Morgan fingerprint density at radius 3 is 2.34 bits per heavy atom. The highest BCUT2D eigenvalue weighted by Gasteiger charge is 2.24.